The Bertz CT molecular complexity index is 392. The van der Waals surface area contributed by atoms with Crippen LogP contribution in [0.4, 0.5) is 4.79 Å². The summed E-state index contributed by atoms with van der Waals surface area (Å²) in [4.78, 5) is 27.6. The van der Waals surface area contributed by atoms with Crippen molar-refractivity contribution in [3.63, 3.8) is 0 Å². The topological polar surface area (TPSA) is 72.9 Å². The molecule has 2 rings (SSSR count). The van der Waals surface area contributed by atoms with Gasteiger partial charge in [-0.1, -0.05) is 19.3 Å². The first-order valence-corrected chi connectivity index (χ1v) is 7.95. The van der Waals surface area contributed by atoms with Crippen molar-refractivity contribution in [1.29, 1.82) is 0 Å². The van der Waals surface area contributed by atoms with Gasteiger partial charge >= 0.3 is 6.03 Å². The number of carbonyl (C=O) groups excluding carboxylic acids is 2. The highest BCUT2D eigenvalue weighted by Gasteiger charge is 2.44. The van der Waals surface area contributed by atoms with Gasteiger partial charge in [0.25, 0.3) is 5.91 Å². The van der Waals surface area contributed by atoms with Crippen molar-refractivity contribution >= 4 is 11.9 Å². The molecule has 1 aliphatic heterocycles. The van der Waals surface area contributed by atoms with Crippen molar-refractivity contribution in [1.82, 2.24) is 15.1 Å². The van der Waals surface area contributed by atoms with Gasteiger partial charge in [0.2, 0.25) is 0 Å². The maximum atomic E-state index is 12.2. The molecule has 0 bridgehead atoms. The summed E-state index contributed by atoms with van der Waals surface area (Å²) in [6.45, 7) is 5.20. The lowest BCUT2D eigenvalue weighted by atomic mass is 9.94. The van der Waals surface area contributed by atoms with Gasteiger partial charge in [0.15, 0.2) is 0 Å². The average molecular weight is 297 g/mol. The predicted molar refractivity (Wildman–Crippen MR) is 79.9 cm³/mol. The fourth-order valence-corrected chi connectivity index (χ4v) is 3.30. The summed E-state index contributed by atoms with van der Waals surface area (Å²) in [5, 5.41) is 11.9. The van der Waals surface area contributed by atoms with Gasteiger partial charge in [0.1, 0.15) is 5.54 Å². The monoisotopic (exact) mass is 297 g/mol. The maximum absolute atomic E-state index is 12.2. The first-order chi connectivity index (χ1) is 9.95. The number of aliphatic hydroxyl groups is 1. The Morgan fingerprint density at radius 1 is 1.24 bits per heavy atom. The van der Waals surface area contributed by atoms with E-state index in [0.29, 0.717) is 25.7 Å². The molecular weight excluding hydrogens is 270 g/mol. The Morgan fingerprint density at radius 2 is 1.90 bits per heavy atom. The van der Waals surface area contributed by atoms with Crippen LogP contribution in [0.3, 0.4) is 0 Å². The van der Waals surface area contributed by atoms with Crippen molar-refractivity contribution in [2.45, 2.75) is 57.5 Å². The van der Waals surface area contributed by atoms with Crippen molar-refractivity contribution in [2.75, 3.05) is 26.2 Å². The van der Waals surface area contributed by atoms with E-state index in [1.807, 2.05) is 0 Å². The number of urea groups is 1. The summed E-state index contributed by atoms with van der Waals surface area (Å²) in [5.74, 6) is -0.167. The largest absolute Gasteiger partial charge is 0.395 e. The number of hydrogen-bond donors (Lipinski definition) is 2. The van der Waals surface area contributed by atoms with Crippen molar-refractivity contribution in [2.24, 2.45) is 0 Å². The molecule has 2 aliphatic rings. The van der Waals surface area contributed by atoms with Crippen molar-refractivity contribution in [3.8, 4) is 0 Å². The summed E-state index contributed by atoms with van der Waals surface area (Å²) in [7, 11) is 0. The number of imide groups is 1. The summed E-state index contributed by atoms with van der Waals surface area (Å²) in [6, 6.07) is 0.164. The minimum absolute atomic E-state index is 0.113. The normalized spacial score (nSPS) is 23.0. The number of carbonyl (C=O) groups is 2. The molecule has 0 aromatic heterocycles. The van der Waals surface area contributed by atoms with Crippen LogP contribution in [0.5, 0.6) is 0 Å². The van der Waals surface area contributed by atoms with Gasteiger partial charge in [-0.15, -0.1) is 0 Å². The number of nitrogens with zero attached hydrogens (tertiary/aromatic N) is 2. The quantitative estimate of drug-likeness (QED) is 0.716. The second-order valence-electron chi connectivity index (χ2n) is 6.56. The first-order valence-electron chi connectivity index (χ1n) is 7.95. The van der Waals surface area contributed by atoms with E-state index in [9.17, 15) is 14.7 Å². The van der Waals surface area contributed by atoms with Gasteiger partial charge in [-0.25, -0.2) is 4.79 Å². The molecule has 6 heteroatoms. The fraction of sp³-hybridized carbons (Fsp3) is 0.867. The molecule has 0 radical (unpaired) electrons. The zero-order valence-electron chi connectivity index (χ0n) is 13.1. The summed E-state index contributed by atoms with van der Waals surface area (Å²) >= 11 is 0. The van der Waals surface area contributed by atoms with Gasteiger partial charge in [-0.3, -0.25) is 14.6 Å². The van der Waals surface area contributed by atoms with E-state index in [2.05, 4.69) is 10.2 Å². The van der Waals surface area contributed by atoms with Crippen LogP contribution in [0.15, 0.2) is 0 Å². The Hall–Kier alpha value is -1.14. The Kier molecular flexibility index (Phi) is 5.22. The second kappa shape index (κ2) is 6.75. The van der Waals surface area contributed by atoms with Crippen LogP contribution < -0.4 is 5.32 Å². The standard InChI is InChI=1S/C15H27N3O3/c1-15(2)13(20)18(14(21)16-15)9-8-17(10-11-19)12-6-4-3-5-7-12/h12,19H,3-11H2,1-2H3,(H,16,21). The van der Waals surface area contributed by atoms with E-state index in [0.717, 1.165) is 12.8 Å². The van der Waals surface area contributed by atoms with Gasteiger partial charge in [0.05, 0.1) is 6.61 Å². The third-order valence-corrected chi connectivity index (χ3v) is 4.53. The Balaban J connectivity index is 1.92. The lowest BCUT2D eigenvalue weighted by Gasteiger charge is -2.34. The van der Waals surface area contributed by atoms with Crippen molar-refractivity contribution < 1.29 is 14.7 Å². The van der Waals surface area contributed by atoms with E-state index in [-0.39, 0.29) is 18.5 Å². The Morgan fingerprint density at radius 3 is 2.43 bits per heavy atom. The molecule has 1 saturated heterocycles. The molecule has 120 valence electrons. The fourth-order valence-electron chi connectivity index (χ4n) is 3.30. The highest BCUT2D eigenvalue weighted by molar-refractivity contribution is 6.06. The highest BCUT2D eigenvalue weighted by Crippen LogP contribution is 2.23. The van der Waals surface area contributed by atoms with E-state index >= 15 is 0 Å². The molecule has 1 heterocycles. The Labute approximate surface area is 126 Å². The van der Waals surface area contributed by atoms with Crippen LogP contribution in [0.2, 0.25) is 0 Å². The number of aliphatic hydroxyl groups excluding tert-OH is 1. The molecule has 6 nitrogen and oxygen atoms in total. The summed E-state index contributed by atoms with van der Waals surface area (Å²) in [6.07, 6.45) is 6.02. The molecule has 0 aromatic carbocycles. The molecule has 3 amide bonds. The molecule has 1 saturated carbocycles. The highest BCUT2D eigenvalue weighted by atomic mass is 16.3. The smallest absolute Gasteiger partial charge is 0.325 e. The third-order valence-electron chi connectivity index (χ3n) is 4.53. The molecule has 21 heavy (non-hydrogen) atoms. The minimum atomic E-state index is -0.802. The predicted octanol–water partition coefficient (Wildman–Crippen LogP) is 0.944. The van der Waals surface area contributed by atoms with E-state index in [4.69, 9.17) is 0 Å². The number of rotatable bonds is 6. The van der Waals surface area contributed by atoms with Crippen LogP contribution in [0.25, 0.3) is 0 Å². The van der Waals surface area contributed by atoms with Gasteiger partial charge in [0, 0.05) is 25.7 Å². The number of amides is 3. The number of hydrogen-bond acceptors (Lipinski definition) is 4. The second-order valence-corrected chi connectivity index (χ2v) is 6.56. The van der Waals surface area contributed by atoms with E-state index in [1.54, 1.807) is 13.8 Å². The zero-order chi connectivity index (χ0) is 15.5. The van der Waals surface area contributed by atoms with E-state index < -0.39 is 5.54 Å². The molecule has 2 fully saturated rings. The van der Waals surface area contributed by atoms with Gasteiger partial charge < -0.3 is 10.4 Å². The maximum Gasteiger partial charge on any atom is 0.325 e. The van der Waals surface area contributed by atoms with Crippen LogP contribution in [-0.4, -0.2) is 64.7 Å². The van der Waals surface area contributed by atoms with Crippen LogP contribution in [0, 0.1) is 0 Å². The molecule has 0 atom stereocenters. The van der Waals surface area contributed by atoms with Crippen LogP contribution >= 0.6 is 0 Å². The molecule has 0 aromatic rings. The summed E-state index contributed by atoms with van der Waals surface area (Å²) in [5.41, 5.74) is -0.802. The SMILES string of the molecule is CC1(C)NC(=O)N(CCN(CCO)C2CCCCC2)C1=O. The number of nitrogens with one attached hydrogen (secondary N) is 1. The summed E-state index contributed by atoms with van der Waals surface area (Å²) < 4.78 is 0. The van der Waals surface area contributed by atoms with E-state index in [1.165, 1.54) is 24.2 Å². The third kappa shape index (κ3) is 3.74. The minimum Gasteiger partial charge on any atom is -0.395 e. The molecule has 0 unspecified atom stereocenters. The average Bonchev–Trinajstić information content (AvgIpc) is 2.65. The van der Waals surface area contributed by atoms with Crippen LogP contribution in [0.1, 0.15) is 46.0 Å². The first kappa shape index (κ1) is 16.2. The molecule has 1 aliphatic carbocycles. The molecular formula is C15H27N3O3. The van der Waals surface area contributed by atoms with Gasteiger partial charge in [-0.05, 0) is 26.7 Å². The van der Waals surface area contributed by atoms with Crippen LogP contribution in [-0.2, 0) is 4.79 Å². The zero-order valence-corrected chi connectivity index (χ0v) is 13.1. The van der Waals surface area contributed by atoms with Crippen molar-refractivity contribution in [3.05, 3.63) is 0 Å². The lowest BCUT2D eigenvalue weighted by molar-refractivity contribution is -0.130. The molecule has 2 N–H and O–H groups in total. The van der Waals surface area contributed by atoms with Gasteiger partial charge in [-0.2, -0.15) is 0 Å². The molecule has 0 spiro atoms. The lowest BCUT2D eigenvalue weighted by Crippen LogP contribution is -2.45.